The number of hydrogen-bond acceptors (Lipinski definition) is 5. The van der Waals surface area contributed by atoms with Crippen LogP contribution in [0.1, 0.15) is 6.92 Å². The van der Waals surface area contributed by atoms with Crippen molar-refractivity contribution >= 4 is 33.6 Å². The van der Waals surface area contributed by atoms with Crippen molar-refractivity contribution in [3.63, 3.8) is 0 Å². The molecular weight excluding hydrogens is 370 g/mol. The fraction of sp³-hybridized carbons (Fsp3) is 0.467. The van der Waals surface area contributed by atoms with E-state index < -0.39 is 16.1 Å². The van der Waals surface area contributed by atoms with Crippen LogP contribution in [0.25, 0.3) is 0 Å². The van der Waals surface area contributed by atoms with Crippen LogP contribution in [0.3, 0.4) is 0 Å². The van der Waals surface area contributed by atoms with Crippen LogP contribution in [-0.4, -0.2) is 69.5 Å². The zero-order valence-corrected chi connectivity index (χ0v) is 15.3. The second-order valence-electron chi connectivity index (χ2n) is 5.35. The van der Waals surface area contributed by atoms with Gasteiger partial charge in [-0.05, 0) is 25.1 Å². The van der Waals surface area contributed by atoms with Crippen LogP contribution in [0, 0.1) is 0 Å². The first-order chi connectivity index (χ1) is 11.8. The summed E-state index contributed by atoms with van der Waals surface area (Å²) in [5, 5.41) is 0.296. The maximum absolute atomic E-state index is 12.2. The Hall–Kier alpha value is -1.84. The number of piperazine rings is 1. The number of carbonyl (C=O) groups is 2. The standard InChI is InChI=1S/C15H20ClN3O5S/c1-2-24-15(21)19-8-6-18(7-9-19)14(20)11-17-25(22,23)13-5-3-4-12(16)10-13/h3-5,10,17H,2,6-9,11H2,1H3. The first-order valence-corrected chi connectivity index (χ1v) is 9.64. The average Bonchev–Trinajstić information content (AvgIpc) is 2.60. The van der Waals surface area contributed by atoms with E-state index in [1.54, 1.807) is 13.0 Å². The number of hydrogen-bond donors (Lipinski definition) is 1. The molecule has 1 aromatic carbocycles. The normalized spacial score (nSPS) is 15.1. The second-order valence-corrected chi connectivity index (χ2v) is 7.55. The van der Waals surface area contributed by atoms with Crippen LogP contribution in [0.2, 0.25) is 5.02 Å². The third-order valence-corrected chi connectivity index (χ3v) is 5.31. The third-order valence-electron chi connectivity index (χ3n) is 3.68. The monoisotopic (exact) mass is 389 g/mol. The van der Waals surface area contributed by atoms with Gasteiger partial charge in [-0.15, -0.1) is 0 Å². The number of nitrogens with zero attached hydrogens (tertiary/aromatic N) is 2. The van der Waals surface area contributed by atoms with Crippen LogP contribution in [0.15, 0.2) is 29.2 Å². The molecule has 1 saturated heterocycles. The van der Waals surface area contributed by atoms with Crippen LogP contribution < -0.4 is 4.72 Å². The van der Waals surface area contributed by atoms with Crippen LogP contribution in [0.5, 0.6) is 0 Å². The minimum atomic E-state index is -3.81. The zero-order chi connectivity index (χ0) is 18.4. The lowest BCUT2D eigenvalue weighted by Gasteiger charge is -2.34. The Bertz CT molecular complexity index is 732. The zero-order valence-electron chi connectivity index (χ0n) is 13.8. The van der Waals surface area contributed by atoms with Gasteiger partial charge in [0.2, 0.25) is 15.9 Å². The lowest BCUT2D eigenvalue weighted by atomic mass is 10.3. The molecule has 0 spiro atoms. The van der Waals surface area contributed by atoms with Crippen molar-refractivity contribution < 1.29 is 22.7 Å². The molecule has 0 aromatic heterocycles. The van der Waals surface area contributed by atoms with Crippen LogP contribution in [-0.2, 0) is 19.6 Å². The smallest absolute Gasteiger partial charge is 0.409 e. The molecule has 10 heteroatoms. The van der Waals surface area contributed by atoms with E-state index in [0.717, 1.165) is 0 Å². The SMILES string of the molecule is CCOC(=O)N1CCN(C(=O)CNS(=O)(=O)c2cccc(Cl)c2)CC1. The molecule has 2 amide bonds. The predicted molar refractivity (Wildman–Crippen MR) is 91.8 cm³/mol. The van der Waals surface area contributed by atoms with Gasteiger partial charge in [-0.25, -0.2) is 17.9 Å². The molecule has 0 atom stereocenters. The Morgan fingerprint density at radius 2 is 1.84 bits per heavy atom. The highest BCUT2D eigenvalue weighted by molar-refractivity contribution is 7.89. The maximum Gasteiger partial charge on any atom is 0.409 e. The first kappa shape index (κ1) is 19.5. The summed E-state index contributed by atoms with van der Waals surface area (Å²) >= 11 is 5.79. The van der Waals surface area contributed by atoms with E-state index in [-0.39, 0.29) is 17.3 Å². The number of nitrogens with one attached hydrogen (secondary N) is 1. The van der Waals surface area contributed by atoms with E-state index >= 15 is 0 Å². The number of carbonyl (C=O) groups excluding carboxylic acids is 2. The van der Waals surface area contributed by atoms with E-state index in [4.69, 9.17) is 16.3 Å². The Balaban J connectivity index is 1.86. The van der Waals surface area contributed by atoms with Gasteiger partial charge < -0.3 is 14.5 Å². The Morgan fingerprint density at radius 1 is 1.20 bits per heavy atom. The molecule has 138 valence electrons. The van der Waals surface area contributed by atoms with Crippen molar-refractivity contribution in [1.82, 2.24) is 14.5 Å². The summed E-state index contributed by atoms with van der Waals surface area (Å²) in [6.45, 7) is 3.03. The molecule has 1 aromatic rings. The average molecular weight is 390 g/mol. The molecule has 0 saturated carbocycles. The van der Waals surface area contributed by atoms with Crippen molar-refractivity contribution in [2.75, 3.05) is 39.3 Å². The highest BCUT2D eigenvalue weighted by Crippen LogP contribution is 2.15. The highest BCUT2D eigenvalue weighted by atomic mass is 35.5. The summed E-state index contributed by atoms with van der Waals surface area (Å²) in [5.74, 6) is -0.353. The molecule has 0 aliphatic carbocycles. The lowest BCUT2D eigenvalue weighted by Crippen LogP contribution is -2.52. The van der Waals surface area contributed by atoms with E-state index in [9.17, 15) is 18.0 Å². The number of sulfonamides is 1. The summed E-state index contributed by atoms with van der Waals surface area (Å²) in [7, 11) is -3.81. The first-order valence-electron chi connectivity index (χ1n) is 7.78. The van der Waals surface area contributed by atoms with Gasteiger partial charge in [0.05, 0.1) is 18.0 Å². The lowest BCUT2D eigenvalue weighted by molar-refractivity contribution is -0.131. The Morgan fingerprint density at radius 3 is 2.44 bits per heavy atom. The third kappa shape index (κ3) is 5.32. The van der Waals surface area contributed by atoms with Gasteiger partial charge in [0.25, 0.3) is 0 Å². The summed E-state index contributed by atoms with van der Waals surface area (Å²) in [6.07, 6.45) is -0.406. The van der Waals surface area contributed by atoms with Gasteiger partial charge in [-0.3, -0.25) is 4.79 Å². The minimum absolute atomic E-state index is 0.0000645. The number of ether oxygens (including phenoxy) is 1. The molecule has 0 unspecified atom stereocenters. The molecule has 1 fully saturated rings. The van der Waals surface area contributed by atoms with E-state index in [2.05, 4.69) is 4.72 Å². The molecule has 0 bridgehead atoms. The van der Waals surface area contributed by atoms with E-state index in [1.165, 1.54) is 28.0 Å². The predicted octanol–water partition coefficient (Wildman–Crippen LogP) is 0.919. The molecule has 1 heterocycles. The van der Waals surface area contributed by atoms with Gasteiger partial charge in [0, 0.05) is 31.2 Å². The number of benzene rings is 1. The molecule has 0 radical (unpaired) electrons. The molecule has 2 rings (SSSR count). The maximum atomic E-state index is 12.2. The van der Waals surface area contributed by atoms with Crippen molar-refractivity contribution in [3.8, 4) is 0 Å². The van der Waals surface area contributed by atoms with E-state index in [0.29, 0.717) is 37.8 Å². The Kier molecular flexibility index (Phi) is 6.63. The van der Waals surface area contributed by atoms with Crippen molar-refractivity contribution in [2.24, 2.45) is 0 Å². The molecule has 25 heavy (non-hydrogen) atoms. The summed E-state index contributed by atoms with van der Waals surface area (Å²) in [4.78, 5) is 26.8. The molecule has 1 aliphatic heterocycles. The summed E-state index contributed by atoms with van der Waals surface area (Å²) < 4.78 is 31.5. The van der Waals surface area contributed by atoms with Crippen molar-refractivity contribution in [3.05, 3.63) is 29.3 Å². The topological polar surface area (TPSA) is 96.0 Å². The van der Waals surface area contributed by atoms with Gasteiger partial charge in [-0.2, -0.15) is 0 Å². The molecule has 1 N–H and O–H groups in total. The van der Waals surface area contributed by atoms with Gasteiger partial charge >= 0.3 is 6.09 Å². The fourth-order valence-corrected chi connectivity index (χ4v) is 3.61. The van der Waals surface area contributed by atoms with Gasteiger partial charge in [-0.1, -0.05) is 17.7 Å². The second kappa shape index (κ2) is 8.50. The molecular formula is C15H20ClN3O5S. The van der Waals surface area contributed by atoms with Gasteiger partial charge in [0.15, 0.2) is 0 Å². The van der Waals surface area contributed by atoms with E-state index in [1.807, 2.05) is 0 Å². The summed E-state index contributed by atoms with van der Waals surface area (Å²) in [6, 6.07) is 5.80. The minimum Gasteiger partial charge on any atom is -0.450 e. The number of rotatable bonds is 5. The summed E-state index contributed by atoms with van der Waals surface area (Å²) in [5.41, 5.74) is 0. The molecule has 1 aliphatic rings. The van der Waals surface area contributed by atoms with Gasteiger partial charge in [0.1, 0.15) is 0 Å². The quantitative estimate of drug-likeness (QED) is 0.807. The number of amides is 2. The van der Waals surface area contributed by atoms with Crippen molar-refractivity contribution in [1.29, 1.82) is 0 Å². The fourth-order valence-electron chi connectivity index (χ4n) is 2.34. The highest BCUT2D eigenvalue weighted by Gasteiger charge is 2.25. The van der Waals surface area contributed by atoms with Crippen molar-refractivity contribution in [2.45, 2.75) is 11.8 Å². The molecule has 8 nitrogen and oxygen atoms in total. The van der Waals surface area contributed by atoms with Crippen LogP contribution >= 0.6 is 11.6 Å². The number of halogens is 1. The Labute approximate surface area is 151 Å². The largest absolute Gasteiger partial charge is 0.450 e. The van der Waals surface area contributed by atoms with Crippen LogP contribution in [0.4, 0.5) is 4.79 Å².